The molecule has 1 heterocycles. The quantitative estimate of drug-likeness (QED) is 0.895. The molecule has 19 heavy (non-hydrogen) atoms. The maximum atomic E-state index is 6.15. The van der Waals surface area contributed by atoms with Crippen molar-refractivity contribution in [1.29, 1.82) is 0 Å². The largest absolute Gasteiger partial charge is 0.338 e. The van der Waals surface area contributed by atoms with E-state index in [0.29, 0.717) is 17.7 Å². The maximum Gasteiger partial charge on any atom is 0.243 e. The van der Waals surface area contributed by atoms with Crippen molar-refractivity contribution < 1.29 is 4.52 Å². The molecule has 1 aromatic heterocycles. The molecule has 0 aromatic carbocycles. The highest BCUT2D eigenvalue weighted by molar-refractivity contribution is 4.99. The smallest absolute Gasteiger partial charge is 0.243 e. The number of aromatic nitrogens is 2. The van der Waals surface area contributed by atoms with Gasteiger partial charge in [0.05, 0.1) is 6.04 Å². The predicted molar refractivity (Wildman–Crippen MR) is 75.7 cm³/mol. The number of hydrogen-bond donors (Lipinski definition) is 1. The normalized spacial score (nSPS) is 21.6. The Labute approximate surface area is 116 Å². The Kier molecular flexibility index (Phi) is 5.37. The minimum absolute atomic E-state index is 0.125. The molecular formula is C15H27N3O. The Morgan fingerprint density at radius 1 is 1.21 bits per heavy atom. The number of hydrogen-bond acceptors (Lipinski definition) is 4. The molecule has 0 bridgehead atoms. The van der Waals surface area contributed by atoms with Gasteiger partial charge in [-0.25, -0.2) is 0 Å². The van der Waals surface area contributed by atoms with Crippen LogP contribution in [0.25, 0.3) is 0 Å². The minimum Gasteiger partial charge on any atom is -0.338 e. The van der Waals surface area contributed by atoms with Gasteiger partial charge in [0.2, 0.25) is 5.89 Å². The van der Waals surface area contributed by atoms with Crippen molar-refractivity contribution in [3.8, 4) is 0 Å². The molecule has 0 aliphatic heterocycles. The topological polar surface area (TPSA) is 64.9 Å². The molecule has 0 radical (unpaired) electrons. The van der Waals surface area contributed by atoms with E-state index in [-0.39, 0.29) is 6.04 Å². The molecule has 0 spiro atoms. The zero-order chi connectivity index (χ0) is 13.7. The first-order valence-electron chi connectivity index (χ1n) is 7.81. The Morgan fingerprint density at radius 3 is 2.47 bits per heavy atom. The van der Waals surface area contributed by atoms with Gasteiger partial charge in [-0.2, -0.15) is 4.98 Å². The van der Waals surface area contributed by atoms with Crippen molar-refractivity contribution in [1.82, 2.24) is 10.1 Å². The van der Waals surface area contributed by atoms with E-state index in [4.69, 9.17) is 10.3 Å². The van der Waals surface area contributed by atoms with Crippen LogP contribution in [0.2, 0.25) is 0 Å². The van der Waals surface area contributed by atoms with E-state index in [2.05, 4.69) is 24.0 Å². The highest BCUT2D eigenvalue weighted by Gasteiger charge is 2.23. The van der Waals surface area contributed by atoms with Crippen LogP contribution in [0.15, 0.2) is 4.52 Å². The molecule has 2 atom stereocenters. The van der Waals surface area contributed by atoms with Crippen LogP contribution in [-0.4, -0.2) is 10.1 Å². The van der Waals surface area contributed by atoms with E-state index in [1.165, 1.54) is 44.9 Å². The predicted octanol–water partition coefficient (Wildman–Crippen LogP) is 3.94. The molecule has 1 aliphatic rings. The lowest BCUT2D eigenvalue weighted by Crippen LogP contribution is -2.19. The third-order valence-electron chi connectivity index (χ3n) is 4.47. The summed E-state index contributed by atoms with van der Waals surface area (Å²) >= 11 is 0. The van der Waals surface area contributed by atoms with Gasteiger partial charge in [-0.1, -0.05) is 57.5 Å². The van der Waals surface area contributed by atoms with Crippen molar-refractivity contribution >= 4 is 0 Å². The summed E-state index contributed by atoms with van der Waals surface area (Å²) in [7, 11) is 0. The van der Waals surface area contributed by atoms with Gasteiger partial charge in [-0.15, -0.1) is 0 Å². The van der Waals surface area contributed by atoms with Crippen molar-refractivity contribution in [2.75, 3.05) is 0 Å². The molecule has 2 N–H and O–H groups in total. The zero-order valence-corrected chi connectivity index (χ0v) is 12.3. The van der Waals surface area contributed by atoms with Gasteiger partial charge in [-0.3, -0.25) is 0 Å². The Hall–Kier alpha value is -0.900. The van der Waals surface area contributed by atoms with Gasteiger partial charge in [0.1, 0.15) is 0 Å². The summed E-state index contributed by atoms with van der Waals surface area (Å²) < 4.78 is 5.39. The van der Waals surface area contributed by atoms with Crippen LogP contribution >= 0.6 is 0 Å². The first-order chi connectivity index (χ1) is 9.22. The van der Waals surface area contributed by atoms with E-state index in [1.54, 1.807) is 0 Å². The van der Waals surface area contributed by atoms with Gasteiger partial charge in [0.15, 0.2) is 5.82 Å². The first kappa shape index (κ1) is 14.5. The fourth-order valence-corrected chi connectivity index (χ4v) is 2.76. The molecule has 0 amide bonds. The van der Waals surface area contributed by atoms with E-state index in [0.717, 1.165) is 12.2 Å². The second-order valence-electron chi connectivity index (χ2n) is 5.94. The van der Waals surface area contributed by atoms with Crippen LogP contribution in [-0.2, 0) is 0 Å². The molecule has 1 aliphatic carbocycles. The molecule has 2 rings (SSSR count). The molecule has 1 fully saturated rings. The summed E-state index contributed by atoms with van der Waals surface area (Å²) in [4.78, 5) is 4.57. The zero-order valence-electron chi connectivity index (χ0n) is 12.3. The van der Waals surface area contributed by atoms with Gasteiger partial charge >= 0.3 is 0 Å². The van der Waals surface area contributed by atoms with E-state index < -0.39 is 0 Å². The molecule has 4 heteroatoms. The Bertz CT molecular complexity index is 369. The second-order valence-corrected chi connectivity index (χ2v) is 5.94. The number of nitrogens with two attached hydrogens (primary N) is 1. The molecule has 108 valence electrons. The summed E-state index contributed by atoms with van der Waals surface area (Å²) in [5.74, 6) is 2.36. The standard InChI is InChI=1S/C15H27N3O/c1-3-11(2)13(16)15-17-14(18-19-15)12-9-7-5-4-6-8-10-12/h11-13H,3-10,16H2,1-2H3/t11-,13-/m0/s1. The second kappa shape index (κ2) is 7.04. The average molecular weight is 265 g/mol. The summed E-state index contributed by atoms with van der Waals surface area (Å²) in [6.45, 7) is 4.26. The van der Waals surface area contributed by atoms with Crippen LogP contribution in [0.1, 0.15) is 88.9 Å². The third-order valence-corrected chi connectivity index (χ3v) is 4.47. The summed E-state index contributed by atoms with van der Waals surface area (Å²) in [5.41, 5.74) is 6.15. The van der Waals surface area contributed by atoms with Crippen LogP contribution in [0.4, 0.5) is 0 Å². The summed E-state index contributed by atoms with van der Waals surface area (Å²) in [6, 6.07) is -0.125. The Balaban J connectivity index is 2.02. The minimum atomic E-state index is -0.125. The average Bonchev–Trinajstić information content (AvgIpc) is 2.86. The lowest BCUT2D eigenvalue weighted by molar-refractivity contribution is 0.308. The molecule has 0 unspecified atom stereocenters. The summed E-state index contributed by atoms with van der Waals surface area (Å²) in [5, 5.41) is 4.18. The van der Waals surface area contributed by atoms with Crippen molar-refractivity contribution in [3.05, 3.63) is 11.7 Å². The first-order valence-corrected chi connectivity index (χ1v) is 7.81. The SMILES string of the molecule is CC[C@H](C)[C@H](N)c1nc(C2CCCCCCC2)no1. The highest BCUT2D eigenvalue weighted by atomic mass is 16.5. The van der Waals surface area contributed by atoms with Gasteiger partial charge in [0.25, 0.3) is 0 Å². The fourth-order valence-electron chi connectivity index (χ4n) is 2.76. The van der Waals surface area contributed by atoms with Gasteiger partial charge in [-0.05, 0) is 18.8 Å². The van der Waals surface area contributed by atoms with Crippen LogP contribution < -0.4 is 5.73 Å². The molecule has 1 aromatic rings. The lowest BCUT2D eigenvalue weighted by Gasteiger charge is -2.16. The van der Waals surface area contributed by atoms with Crippen molar-refractivity contribution in [2.45, 2.75) is 77.2 Å². The van der Waals surface area contributed by atoms with E-state index in [1.807, 2.05) is 0 Å². The van der Waals surface area contributed by atoms with E-state index in [9.17, 15) is 0 Å². The maximum absolute atomic E-state index is 6.15. The molecule has 0 saturated heterocycles. The van der Waals surface area contributed by atoms with Crippen molar-refractivity contribution in [3.63, 3.8) is 0 Å². The number of rotatable bonds is 4. The van der Waals surface area contributed by atoms with Crippen LogP contribution in [0.5, 0.6) is 0 Å². The van der Waals surface area contributed by atoms with Crippen LogP contribution in [0, 0.1) is 5.92 Å². The van der Waals surface area contributed by atoms with Crippen molar-refractivity contribution in [2.24, 2.45) is 11.7 Å². The van der Waals surface area contributed by atoms with Crippen LogP contribution in [0.3, 0.4) is 0 Å². The van der Waals surface area contributed by atoms with Gasteiger partial charge in [0, 0.05) is 5.92 Å². The molecule has 1 saturated carbocycles. The number of nitrogens with zero attached hydrogens (tertiary/aromatic N) is 2. The lowest BCUT2D eigenvalue weighted by atomic mass is 9.91. The highest BCUT2D eigenvalue weighted by Crippen LogP contribution is 2.30. The van der Waals surface area contributed by atoms with Gasteiger partial charge < -0.3 is 10.3 Å². The summed E-state index contributed by atoms with van der Waals surface area (Å²) in [6.07, 6.45) is 10.0. The fraction of sp³-hybridized carbons (Fsp3) is 0.867. The third kappa shape index (κ3) is 3.78. The monoisotopic (exact) mass is 265 g/mol. The van der Waals surface area contributed by atoms with E-state index >= 15 is 0 Å². The molecular weight excluding hydrogens is 238 g/mol. The Morgan fingerprint density at radius 2 is 1.84 bits per heavy atom. The molecule has 4 nitrogen and oxygen atoms in total.